The van der Waals surface area contributed by atoms with E-state index in [1.165, 1.54) is 18.4 Å². The molecule has 1 atom stereocenters. The molecule has 0 saturated heterocycles. The van der Waals surface area contributed by atoms with Crippen LogP contribution in [0.5, 0.6) is 0 Å². The van der Waals surface area contributed by atoms with E-state index in [1.54, 1.807) is 11.4 Å². The molecule has 0 saturated carbocycles. The highest BCUT2D eigenvalue weighted by Crippen LogP contribution is 2.24. The van der Waals surface area contributed by atoms with Gasteiger partial charge in [-0.15, -0.1) is 11.3 Å². The van der Waals surface area contributed by atoms with E-state index in [9.17, 15) is 9.59 Å². The van der Waals surface area contributed by atoms with Gasteiger partial charge in [0.15, 0.2) is 0 Å². The van der Waals surface area contributed by atoms with E-state index in [0.29, 0.717) is 10.6 Å². The fraction of sp³-hybridized carbons (Fsp3) is 0.200. The summed E-state index contributed by atoms with van der Waals surface area (Å²) in [4.78, 5) is 23.9. The number of rotatable bonds is 5. The zero-order chi connectivity index (χ0) is 15.2. The first-order chi connectivity index (χ1) is 10.1. The van der Waals surface area contributed by atoms with E-state index in [1.807, 2.05) is 30.3 Å². The maximum absolute atomic E-state index is 12.0. The number of thiophene rings is 1. The molecule has 0 bridgehead atoms. The lowest BCUT2D eigenvalue weighted by molar-refractivity contribution is -0.116. The number of ether oxygens (including phenoxy) is 1. The number of nitrogens with two attached hydrogens (primary N) is 1. The standard InChI is InChI=1S/C15H16N2O3S/c1-20-15(19)14-12(7-8-21-14)17-13(18)9-11(16)10-5-3-2-4-6-10/h2-8,11H,9,16H2,1H3,(H,17,18). The van der Waals surface area contributed by atoms with Crippen LogP contribution in [0.15, 0.2) is 41.8 Å². The van der Waals surface area contributed by atoms with Gasteiger partial charge in [0.2, 0.25) is 5.91 Å². The summed E-state index contributed by atoms with van der Waals surface area (Å²) in [7, 11) is 1.30. The highest BCUT2D eigenvalue weighted by atomic mass is 32.1. The molecule has 2 aromatic rings. The lowest BCUT2D eigenvalue weighted by atomic mass is 10.0. The zero-order valence-corrected chi connectivity index (χ0v) is 12.4. The molecule has 0 aliphatic carbocycles. The van der Waals surface area contributed by atoms with Crippen molar-refractivity contribution in [3.63, 3.8) is 0 Å². The topological polar surface area (TPSA) is 81.4 Å². The molecule has 1 unspecified atom stereocenters. The average Bonchev–Trinajstić information content (AvgIpc) is 2.95. The van der Waals surface area contributed by atoms with Gasteiger partial charge in [-0.05, 0) is 17.0 Å². The van der Waals surface area contributed by atoms with Crippen molar-refractivity contribution >= 4 is 28.9 Å². The van der Waals surface area contributed by atoms with Gasteiger partial charge in [-0.2, -0.15) is 0 Å². The van der Waals surface area contributed by atoms with E-state index in [0.717, 1.165) is 5.56 Å². The highest BCUT2D eigenvalue weighted by molar-refractivity contribution is 7.12. The summed E-state index contributed by atoms with van der Waals surface area (Å²) < 4.78 is 4.66. The van der Waals surface area contributed by atoms with Gasteiger partial charge < -0.3 is 15.8 Å². The lowest BCUT2D eigenvalue weighted by Crippen LogP contribution is -2.21. The number of anilines is 1. The minimum absolute atomic E-state index is 0.139. The largest absolute Gasteiger partial charge is 0.465 e. The molecule has 0 fully saturated rings. The van der Waals surface area contributed by atoms with Gasteiger partial charge in [-0.25, -0.2) is 4.79 Å². The highest BCUT2D eigenvalue weighted by Gasteiger charge is 2.17. The molecule has 1 aromatic carbocycles. The summed E-state index contributed by atoms with van der Waals surface area (Å²) in [6.45, 7) is 0. The molecular weight excluding hydrogens is 288 g/mol. The third-order valence-corrected chi connectivity index (χ3v) is 3.84. The van der Waals surface area contributed by atoms with Crippen LogP contribution in [0, 0.1) is 0 Å². The number of carbonyl (C=O) groups is 2. The summed E-state index contributed by atoms with van der Waals surface area (Å²) >= 11 is 1.22. The second-order valence-electron chi connectivity index (χ2n) is 4.42. The molecule has 3 N–H and O–H groups in total. The van der Waals surface area contributed by atoms with Crippen LogP contribution in [-0.4, -0.2) is 19.0 Å². The Morgan fingerprint density at radius 1 is 1.29 bits per heavy atom. The molecule has 21 heavy (non-hydrogen) atoms. The van der Waals surface area contributed by atoms with Crippen molar-refractivity contribution in [1.29, 1.82) is 0 Å². The van der Waals surface area contributed by atoms with Gasteiger partial charge in [-0.3, -0.25) is 4.79 Å². The zero-order valence-electron chi connectivity index (χ0n) is 11.5. The van der Waals surface area contributed by atoms with Gasteiger partial charge in [0.25, 0.3) is 0 Å². The number of methoxy groups -OCH3 is 1. The molecular formula is C15H16N2O3S. The van der Waals surface area contributed by atoms with Crippen molar-refractivity contribution in [2.45, 2.75) is 12.5 Å². The van der Waals surface area contributed by atoms with Gasteiger partial charge in [0.1, 0.15) is 4.88 Å². The molecule has 0 aliphatic rings. The number of hydrogen-bond donors (Lipinski definition) is 2. The summed E-state index contributed by atoms with van der Waals surface area (Å²) in [5.74, 6) is -0.706. The SMILES string of the molecule is COC(=O)c1sccc1NC(=O)CC(N)c1ccccc1. The first-order valence-electron chi connectivity index (χ1n) is 6.38. The van der Waals surface area contributed by atoms with E-state index >= 15 is 0 Å². The van der Waals surface area contributed by atoms with E-state index in [-0.39, 0.29) is 18.4 Å². The monoisotopic (exact) mass is 304 g/mol. The Hall–Kier alpha value is -2.18. The molecule has 0 radical (unpaired) electrons. The number of esters is 1. The molecule has 0 spiro atoms. The van der Waals surface area contributed by atoms with Crippen LogP contribution in [0.1, 0.15) is 27.7 Å². The predicted molar refractivity (Wildman–Crippen MR) is 82.3 cm³/mol. The van der Waals surface area contributed by atoms with Crippen molar-refractivity contribution in [2.24, 2.45) is 5.73 Å². The fourth-order valence-electron chi connectivity index (χ4n) is 1.88. The normalized spacial score (nSPS) is 11.7. The lowest BCUT2D eigenvalue weighted by Gasteiger charge is -2.12. The van der Waals surface area contributed by atoms with Gasteiger partial charge in [-0.1, -0.05) is 30.3 Å². The number of benzene rings is 1. The quantitative estimate of drug-likeness (QED) is 0.832. The molecule has 6 heteroatoms. The first kappa shape index (κ1) is 15.2. The molecule has 0 aliphatic heterocycles. The van der Waals surface area contributed by atoms with Crippen LogP contribution >= 0.6 is 11.3 Å². The van der Waals surface area contributed by atoms with Crippen molar-refractivity contribution < 1.29 is 14.3 Å². The summed E-state index contributed by atoms with van der Waals surface area (Å²) in [6.07, 6.45) is 0.139. The summed E-state index contributed by atoms with van der Waals surface area (Å²) in [5, 5.41) is 4.42. The smallest absolute Gasteiger partial charge is 0.350 e. The number of carbonyl (C=O) groups excluding carboxylic acids is 2. The minimum atomic E-state index is -0.465. The van der Waals surface area contributed by atoms with E-state index in [2.05, 4.69) is 10.1 Å². The number of amides is 1. The Bertz CT molecular complexity index is 625. The van der Waals surface area contributed by atoms with Gasteiger partial charge in [0.05, 0.1) is 12.8 Å². The summed E-state index contributed by atoms with van der Waals surface area (Å²) in [5.41, 5.74) is 7.35. The second kappa shape index (κ2) is 7.01. The van der Waals surface area contributed by atoms with Crippen LogP contribution in [-0.2, 0) is 9.53 Å². The number of nitrogens with one attached hydrogen (secondary N) is 1. The molecule has 1 amide bonds. The minimum Gasteiger partial charge on any atom is -0.465 e. The van der Waals surface area contributed by atoms with Crippen molar-refractivity contribution in [3.8, 4) is 0 Å². The maximum Gasteiger partial charge on any atom is 0.350 e. The van der Waals surface area contributed by atoms with Crippen LogP contribution in [0.25, 0.3) is 0 Å². The van der Waals surface area contributed by atoms with Crippen molar-refractivity contribution in [2.75, 3.05) is 12.4 Å². The van der Waals surface area contributed by atoms with Gasteiger partial charge in [0, 0.05) is 12.5 Å². The summed E-state index contributed by atoms with van der Waals surface area (Å²) in [6, 6.07) is 10.7. The predicted octanol–water partition coefficient (Wildman–Crippen LogP) is 2.56. The first-order valence-corrected chi connectivity index (χ1v) is 7.26. The van der Waals surface area contributed by atoms with Crippen LogP contribution in [0.4, 0.5) is 5.69 Å². The third kappa shape index (κ3) is 3.90. The average molecular weight is 304 g/mol. The Morgan fingerprint density at radius 3 is 2.67 bits per heavy atom. The van der Waals surface area contributed by atoms with Crippen molar-refractivity contribution in [1.82, 2.24) is 0 Å². The van der Waals surface area contributed by atoms with Crippen LogP contribution < -0.4 is 11.1 Å². The maximum atomic E-state index is 12.0. The number of hydrogen-bond acceptors (Lipinski definition) is 5. The molecule has 110 valence electrons. The van der Waals surface area contributed by atoms with E-state index < -0.39 is 5.97 Å². The van der Waals surface area contributed by atoms with E-state index in [4.69, 9.17) is 5.73 Å². The Kier molecular flexibility index (Phi) is 5.08. The third-order valence-electron chi connectivity index (χ3n) is 2.94. The molecule has 5 nitrogen and oxygen atoms in total. The molecule has 1 heterocycles. The van der Waals surface area contributed by atoms with Gasteiger partial charge >= 0.3 is 5.97 Å². The Balaban J connectivity index is 1.99. The Morgan fingerprint density at radius 2 is 2.00 bits per heavy atom. The van der Waals surface area contributed by atoms with Crippen LogP contribution in [0.2, 0.25) is 0 Å². The van der Waals surface area contributed by atoms with Crippen LogP contribution in [0.3, 0.4) is 0 Å². The van der Waals surface area contributed by atoms with Crippen molar-refractivity contribution in [3.05, 3.63) is 52.2 Å². The molecule has 2 rings (SSSR count). The fourth-order valence-corrected chi connectivity index (χ4v) is 2.64. The Labute approximate surface area is 126 Å². The second-order valence-corrected chi connectivity index (χ2v) is 5.34. The molecule has 1 aromatic heterocycles.